The summed E-state index contributed by atoms with van der Waals surface area (Å²) in [5.41, 5.74) is 1.44. The van der Waals surface area contributed by atoms with Gasteiger partial charge in [-0.1, -0.05) is 43.7 Å². The van der Waals surface area contributed by atoms with Gasteiger partial charge in [0.25, 0.3) is 0 Å². The van der Waals surface area contributed by atoms with E-state index in [9.17, 15) is 0 Å². The van der Waals surface area contributed by atoms with Crippen LogP contribution in [0.25, 0.3) is 0 Å². The Morgan fingerprint density at radius 2 is 1.70 bits per heavy atom. The van der Waals surface area contributed by atoms with Crippen molar-refractivity contribution >= 4 is 0 Å². The van der Waals surface area contributed by atoms with Crippen LogP contribution >= 0.6 is 0 Å². The minimum Gasteiger partial charge on any atom is -0.0651 e. The van der Waals surface area contributed by atoms with Crippen LogP contribution in [-0.4, -0.2) is 0 Å². The van der Waals surface area contributed by atoms with Crippen molar-refractivity contribution in [2.75, 3.05) is 0 Å². The van der Waals surface area contributed by atoms with Crippen molar-refractivity contribution in [1.82, 2.24) is 0 Å². The van der Waals surface area contributed by atoms with E-state index in [0.29, 0.717) is 0 Å². The molecule has 0 heterocycles. The maximum atomic E-state index is 2.20. The molecule has 0 amide bonds. The molecule has 0 saturated heterocycles. The summed E-state index contributed by atoms with van der Waals surface area (Å²) in [6.45, 7) is 2.20. The number of aryl methyl sites for hydroxylation is 1. The van der Waals surface area contributed by atoms with Gasteiger partial charge in [0.05, 0.1) is 0 Å². The smallest absolute Gasteiger partial charge is 0 e. The Bertz CT molecular complexity index is 158. The number of hydrogen-bond acceptors (Lipinski definition) is 0. The van der Waals surface area contributed by atoms with E-state index in [1.54, 1.807) is 0 Å². The molecular weight excluding hydrogens is 159 g/mol. The van der Waals surface area contributed by atoms with Gasteiger partial charge in [-0.05, 0) is 12.0 Å². The predicted octanol–water partition coefficient (Wildman–Crippen LogP) is 2.64. The standard InChI is InChI=1S/C9H12.V/c1-2-6-9-7-4-3-5-8-9;/h3-5,7-8H,2,6H2,1H3;. The molecule has 0 aliphatic rings. The Labute approximate surface area is 74.5 Å². The van der Waals surface area contributed by atoms with Crippen LogP contribution < -0.4 is 0 Å². The van der Waals surface area contributed by atoms with Gasteiger partial charge >= 0.3 is 0 Å². The average Bonchev–Trinajstić information content (AvgIpc) is 1.91. The summed E-state index contributed by atoms with van der Waals surface area (Å²) in [6.07, 6.45) is 2.45. The summed E-state index contributed by atoms with van der Waals surface area (Å²) in [4.78, 5) is 0. The Hall–Kier alpha value is -0.196. The first-order valence-electron chi connectivity index (χ1n) is 3.47. The summed E-state index contributed by atoms with van der Waals surface area (Å²) < 4.78 is 0. The molecule has 0 aliphatic carbocycles. The van der Waals surface area contributed by atoms with Crippen LogP contribution in [0.15, 0.2) is 30.3 Å². The molecule has 0 aromatic heterocycles. The molecule has 10 heavy (non-hydrogen) atoms. The van der Waals surface area contributed by atoms with Gasteiger partial charge in [0.15, 0.2) is 0 Å². The maximum Gasteiger partial charge on any atom is 0 e. The van der Waals surface area contributed by atoms with Crippen LogP contribution in [-0.2, 0) is 25.0 Å². The first kappa shape index (κ1) is 9.80. The van der Waals surface area contributed by atoms with Gasteiger partial charge in [0.2, 0.25) is 0 Å². The molecule has 0 N–H and O–H groups in total. The van der Waals surface area contributed by atoms with Crippen LogP contribution in [0.4, 0.5) is 0 Å². The van der Waals surface area contributed by atoms with Crippen LogP contribution in [0.3, 0.4) is 0 Å². The van der Waals surface area contributed by atoms with Crippen molar-refractivity contribution in [1.29, 1.82) is 0 Å². The molecule has 53 valence electrons. The van der Waals surface area contributed by atoms with Crippen molar-refractivity contribution in [3.05, 3.63) is 35.9 Å². The second kappa shape index (κ2) is 5.58. The first-order valence-corrected chi connectivity index (χ1v) is 3.47. The predicted molar refractivity (Wildman–Crippen MR) is 40.4 cm³/mol. The van der Waals surface area contributed by atoms with Crippen molar-refractivity contribution < 1.29 is 18.6 Å². The van der Waals surface area contributed by atoms with E-state index in [1.807, 2.05) is 0 Å². The molecule has 0 unspecified atom stereocenters. The Morgan fingerprint density at radius 1 is 1.10 bits per heavy atom. The summed E-state index contributed by atoms with van der Waals surface area (Å²) in [5, 5.41) is 0. The normalized spacial score (nSPS) is 8.50. The third kappa shape index (κ3) is 3.10. The largest absolute Gasteiger partial charge is 0.0651 e. The molecule has 1 aromatic carbocycles. The average molecular weight is 171 g/mol. The van der Waals surface area contributed by atoms with Crippen molar-refractivity contribution in [2.24, 2.45) is 0 Å². The van der Waals surface area contributed by atoms with E-state index in [2.05, 4.69) is 37.3 Å². The summed E-state index contributed by atoms with van der Waals surface area (Å²) in [6, 6.07) is 10.6. The molecule has 1 rings (SSSR count). The van der Waals surface area contributed by atoms with Crippen LogP contribution in [0.2, 0.25) is 0 Å². The van der Waals surface area contributed by atoms with Crippen molar-refractivity contribution in [3.63, 3.8) is 0 Å². The van der Waals surface area contributed by atoms with Gasteiger partial charge in [0.1, 0.15) is 0 Å². The van der Waals surface area contributed by atoms with E-state index >= 15 is 0 Å². The number of hydrogen-bond donors (Lipinski definition) is 0. The quantitative estimate of drug-likeness (QED) is 0.641. The fourth-order valence-electron chi connectivity index (χ4n) is 0.933. The molecule has 0 nitrogen and oxygen atoms in total. The minimum atomic E-state index is 0. The van der Waals surface area contributed by atoms with E-state index in [0.717, 1.165) is 0 Å². The zero-order valence-corrected chi connectivity index (χ0v) is 7.64. The summed E-state index contributed by atoms with van der Waals surface area (Å²) in [7, 11) is 0. The zero-order valence-electron chi connectivity index (χ0n) is 6.25. The summed E-state index contributed by atoms with van der Waals surface area (Å²) in [5.74, 6) is 0. The second-order valence-electron chi connectivity index (χ2n) is 2.24. The third-order valence-corrected chi connectivity index (χ3v) is 1.38. The molecule has 0 fully saturated rings. The Kier molecular flexibility index (Phi) is 5.47. The zero-order chi connectivity index (χ0) is 6.53. The van der Waals surface area contributed by atoms with Crippen LogP contribution in [0.1, 0.15) is 18.9 Å². The molecule has 0 spiro atoms. The number of rotatable bonds is 2. The monoisotopic (exact) mass is 171 g/mol. The van der Waals surface area contributed by atoms with Gasteiger partial charge in [0, 0.05) is 18.6 Å². The first-order chi connectivity index (χ1) is 4.43. The Morgan fingerprint density at radius 3 is 2.20 bits per heavy atom. The SMILES string of the molecule is CCCc1ccccc1.[V]. The third-order valence-electron chi connectivity index (χ3n) is 1.38. The van der Waals surface area contributed by atoms with Crippen molar-refractivity contribution in [3.8, 4) is 0 Å². The van der Waals surface area contributed by atoms with Gasteiger partial charge in [-0.2, -0.15) is 0 Å². The van der Waals surface area contributed by atoms with Gasteiger partial charge < -0.3 is 0 Å². The molecule has 0 aliphatic heterocycles. The second-order valence-corrected chi connectivity index (χ2v) is 2.24. The summed E-state index contributed by atoms with van der Waals surface area (Å²) >= 11 is 0. The van der Waals surface area contributed by atoms with E-state index in [1.165, 1.54) is 18.4 Å². The van der Waals surface area contributed by atoms with E-state index < -0.39 is 0 Å². The van der Waals surface area contributed by atoms with E-state index in [-0.39, 0.29) is 18.6 Å². The Balaban J connectivity index is 0.000000810. The molecule has 1 radical (unpaired) electrons. The van der Waals surface area contributed by atoms with Crippen LogP contribution in [0.5, 0.6) is 0 Å². The topological polar surface area (TPSA) is 0 Å². The van der Waals surface area contributed by atoms with Gasteiger partial charge in [-0.25, -0.2) is 0 Å². The molecule has 0 atom stereocenters. The van der Waals surface area contributed by atoms with Crippen molar-refractivity contribution in [2.45, 2.75) is 19.8 Å². The fourth-order valence-corrected chi connectivity index (χ4v) is 0.933. The van der Waals surface area contributed by atoms with Crippen LogP contribution in [0, 0.1) is 0 Å². The van der Waals surface area contributed by atoms with Gasteiger partial charge in [-0.15, -0.1) is 0 Å². The molecule has 0 bridgehead atoms. The van der Waals surface area contributed by atoms with Gasteiger partial charge in [-0.3, -0.25) is 0 Å². The number of benzene rings is 1. The minimum absolute atomic E-state index is 0. The molecule has 0 saturated carbocycles. The molecular formula is C9H12V. The van der Waals surface area contributed by atoms with E-state index in [4.69, 9.17) is 0 Å². The maximum absolute atomic E-state index is 2.20. The molecule has 1 aromatic rings. The molecule has 1 heteroatoms. The fraction of sp³-hybridized carbons (Fsp3) is 0.333.